The molecule has 7 heteroatoms. The summed E-state index contributed by atoms with van der Waals surface area (Å²) in [4.78, 5) is 13.2. The van der Waals surface area contributed by atoms with Crippen LogP contribution in [0.3, 0.4) is 0 Å². The molecule has 0 fully saturated rings. The Labute approximate surface area is 155 Å². The summed E-state index contributed by atoms with van der Waals surface area (Å²) in [7, 11) is 0. The number of aliphatic hydroxyl groups is 1. The summed E-state index contributed by atoms with van der Waals surface area (Å²) in [6.45, 7) is 0.139. The van der Waals surface area contributed by atoms with Crippen molar-refractivity contribution in [3.05, 3.63) is 71.8 Å². The zero-order valence-electron chi connectivity index (χ0n) is 13.8. The Hall–Kier alpha value is -2.96. The molecule has 2 aromatic heterocycles. The van der Waals surface area contributed by atoms with E-state index in [9.17, 15) is 0 Å². The second kappa shape index (κ2) is 7.11. The van der Waals surface area contributed by atoms with E-state index in [0.717, 1.165) is 16.9 Å². The lowest BCUT2D eigenvalue weighted by Gasteiger charge is -2.07. The Kier molecular flexibility index (Phi) is 4.51. The molecule has 0 aliphatic rings. The van der Waals surface area contributed by atoms with Crippen molar-refractivity contribution in [1.82, 2.24) is 19.5 Å². The van der Waals surface area contributed by atoms with E-state index in [-0.39, 0.29) is 6.61 Å². The molecule has 2 N–H and O–H groups in total. The van der Waals surface area contributed by atoms with E-state index in [1.807, 2.05) is 53.1 Å². The van der Waals surface area contributed by atoms with Crippen LogP contribution in [0, 0.1) is 0 Å². The van der Waals surface area contributed by atoms with E-state index in [0.29, 0.717) is 28.4 Å². The Balaban J connectivity index is 1.69. The number of nitrogens with zero attached hydrogens (tertiary/aromatic N) is 4. The highest BCUT2D eigenvalue weighted by Crippen LogP contribution is 2.24. The van der Waals surface area contributed by atoms with Gasteiger partial charge in [-0.2, -0.15) is 0 Å². The molecule has 2 heterocycles. The van der Waals surface area contributed by atoms with Gasteiger partial charge in [0.15, 0.2) is 17.0 Å². The first-order valence-electron chi connectivity index (χ1n) is 8.15. The minimum Gasteiger partial charge on any atom is -0.396 e. The van der Waals surface area contributed by atoms with E-state index < -0.39 is 0 Å². The lowest BCUT2D eigenvalue weighted by atomic mass is 10.1. The highest BCUT2D eigenvalue weighted by molar-refractivity contribution is 6.30. The number of hydrogen-bond donors (Lipinski definition) is 2. The van der Waals surface area contributed by atoms with Gasteiger partial charge in [0.2, 0.25) is 0 Å². The van der Waals surface area contributed by atoms with Crippen LogP contribution in [0.1, 0.15) is 5.56 Å². The van der Waals surface area contributed by atoms with Gasteiger partial charge in [-0.1, -0.05) is 23.7 Å². The highest BCUT2D eigenvalue weighted by atomic mass is 35.5. The fraction of sp³-hybridized carbons (Fsp3) is 0.105. The van der Waals surface area contributed by atoms with E-state index >= 15 is 0 Å². The van der Waals surface area contributed by atoms with Gasteiger partial charge >= 0.3 is 0 Å². The number of aliphatic hydroxyl groups excluding tert-OH is 1. The monoisotopic (exact) mass is 365 g/mol. The van der Waals surface area contributed by atoms with Crippen LogP contribution in [0.2, 0.25) is 5.02 Å². The molecule has 6 nitrogen and oxygen atoms in total. The summed E-state index contributed by atoms with van der Waals surface area (Å²) >= 11 is 5.93. The van der Waals surface area contributed by atoms with Crippen molar-refractivity contribution in [2.45, 2.75) is 6.42 Å². The van der Waals surface area contributed by atoms with Crippen LogP contribution in [-0.2, 0) is 6.42 Å². The molecule has 0 amide bonds. The zero-order valence-corrected chi connectivity index (χ0v) is 14.6. The number of halogens is 1. The smallest absolute Gasteiger partial charge is 0.170 e. The molecule has 4 aromatic rings. The first-order valence-corrected chi connectivity index (χ1v) is 8.53. The van der Waals surface area contributed by atoms with Crippen molar-refractivity contribution in [3.63, 3.8) is 0 Å². The third kappa shape index (κ3) is 3.24. The predicted octanol–water partition coefficient (Wildman–Crippen LogP) is 3.75. The fourth-order valence-corrected chi connectivity index (χ4v) is 2.86. The van der Waals surface area contributed by atoms with E-state index in [2.05, 4.69) is 20.3 Å². The first kappa shape index (κ1) is 16.5. The van der Waals surface area contributed by atoms with Crippen molar-refractivity contribution >= 4 is 34.3 Å². The minimum atomic E-state index is 0.139. The van der Waals surface area contributed by atoms with Crippen LogP contribution in [0.25, 0.3) is 16.9 Å². The number of rotatable bonds is 5. The number of imidazole rings is 1. The molecule has 0 saturated carbocycles. The Morgan fingerprint density at radius 1 is 0.962 bits per heavy atom. The number of nitrogens with one attached hydrogen (secondary N) is 1. The lowest BCUT2D eigenvalue weighted by molar-refractivity contribution is 0.299. The molecule has 0 bridgehead atoms. The van der Waals surface area contributed by atoms with Gasteiger partial charge in [0.1, 0.15) is 12.7 Å². The first-order chi connectivity index (χ1) is 12.7. The van der Waals surface area contributed by atoms with Gasteiger partial charge in [-0.3, -0.25) is 4.57 Å². The SMILES string of the molecule is OCCc1ccc(-n2cnc3c(Nc4ccc(Cl)cc4)ncnc32)cc1. The second-order valence-electron chi connectivity index (χ2n) is 5.78. The highest BCUT2D eigenvalue weighted by Gasteiger charge is 2.11. The predicted molar refractivity (Wildman–Crippen MR) is 102 cm³/mol. The van der Waals surface area contributed by atoms with Crippen LogP contribution in [0.5, 0.6) is 0 Å². The number of aromatic nitrogens is 4. The van der Waals surface area contributed by atoms with E-state index in [1.54, 1.807) is 6.33 Å². The molecule has 0 spiro atoms. The molecule has 0 aliphatic heterocycles. The number of fused-ring (bicyclic) bond motifs is 1. The summed E-state index contributed by atoms with van der Waals surface area (Å²) in [5.41, 5.74) is 4.30. The van der Waals surface area contributed by atoms with Gasteiger partial charge in [0.25, 0.3) is 0 Å². The van der Waals surface area contributed by atoms with Crippen LogP contribution >= 0.6 is 11.6 Å². The quantitative estimate of drug-likeness (QED) is 0.563. The maximum Gasteiger partial charge on any atom is 0.170 e. The van der Waals surface area contributed by atoms with Crippen LogP contribution in [-0.4, -0.2) is 31.2 Å². The largest absolute Gasteiger partial charge is 0.396 e. The van der Waals surface area contributed by atoms with E-state index in [4.69, 9.17) is 16.7 Å². The molecule has 2 aromatic carbocycles. The Morgan fingerprint density at radius 3 is 2.46 bits per heavy atom. The lowest BCUT2D eigenvalue weighted by Crippen LogP contribution is -1.98. The molecule has 0 saturated heterocycles. The van der Waals surface area contributed by atoms with Gasteiger partial charge in [-0.15, -0.1) is 0 Å². The minimum absolute atomic E-state index is 0.139. The number of benzene rings is 2. The maximum absolute atomic E-state index is 9.03. The molecule has 0 aliphatic carbocycles. The average molecular weight is 366 g/mol. The van der Waals surface area contributed by atoms with Crippen LogP contribution in [0.4, 0.5) is 11.5 Å². The molecule has 130 valence electrons. The molecule has 26 heavy (non-hydrogen) atoms. The third-order valence-electron chi connectivity index (χ3n) is 4.06. The standard InChI is InChI=1S/C19H16ClN5O/c20-14-3-5-15(6-4-14)24-18-17-19(22-11-21-18)25(12-23-17)16-7-1-13(2-8-16)9-10-26/h1-8,11-12,26H,9-10H2,(H,21,22,24). The summed E-state index contributed by atoms with van der Waals surface area (Å²) in [6.07, 6.45) is 3.88. The van der Waals surface area contributed by atoms with Gasteiger partial charge < -0.3 is 10.4 Å². The molecule has 0 radical (unpaired) electrons. The molecule has 4 rings (SSSR count). The van der Waals surface area contributed by atoms with Crippen LogP contribution in [0.15, 0.2) is 61.2 Å². The van der Waals surface area contributed by atoms with Gasteiger partial charge in [0.05, 0.1) is 0 Å². The summed E-state index contributed by atoms with van der Waals surface area (Å²) in [5.74, 6) is 0.632. The van der Waals surface area contributed by atoms with Crippen molar-refractivity contribution in [3.8, 4) is 5.69 Å². The topological polar surface area (TPSA) is 75.9 Å². The molecule has 0 unspecified atom stereocenters. The van der Waals surface area contributed by atoms with Crippen molar-refractivity contribution in [1.29, 1.82) is 0 Å². The Bertz CT molecular complexity index is 1030. The summed E-state index contributed by atoms with van der Waals surface area (Å²) < 4.78 is 1.91. The number of anilines is 2. The normalized spacial score (nSPS) is 11.0. The van der Waals surface area contributed by atoms with Gasteiger partial charge in [0, 0.05) is 23.0 Å². The number of hydrogen-bond acceptors (Lipinski definition) is 5. The van der Waals surface area contributed by atoms with Crippen molar-refractivity contribution in [2.75, 3.05) is 11.9 Å². The third-order valence-corrected chi connectivity index (χ3v) is 4.31. The molecular formula is C19H16ClN5O. The zero-order chi connectivity index (χ0) is 17.9. The van der Waals surface area contributed by atoms with Gasteiger partial charge in [-0.25, -0.2) is 15.0 Å². The van der Waals surface area contributed by atoms with Crippen LogP contribution < -0.4 is 5.32 Å². The maximum atomic E-state index is 9.03. The van der Waals surface area contributed by atoms with E-state index in [1.165, 1.54) is 6.33 Å². The molecule has 0 atom stereocenters. The van der Waals surface area contributed by atoms with Crippen molar-refractivity contribution < 1.29 is 5.11 Å². The summed E-state index contributed by atoms with van der Waals surface area (Å²) in [6, 6.07) is 15.3. The Morgan fingerprint density at radius 2 is 1.73 bits per heavy atom. The average Bonchev–Trinajstić information content (AvgIpc) is 3.10. The van der Waals surface area contributed by atoms with Gasteiger partial charge in [-0.05, 0) is 48.4 Å². The van der Waals surface area contributed by atoms with Crippen molar-refractivity contribution in [2.24, 2.45) is 0 Å². The fourth-order valence-electron chi connectivity index (χ4n) is 2.74. The molecular weight excluding hydrogens is 350 g/mol. The second-order valence-corrected chi connectivity index (χ2v) is 6.22. The summed E-state index contributed by atoms with van der Waals surface area (Å²) in [5, 5.41) is 13.0.